The Bertz CT molecular complexity index is 492. The molecule has 0 radical (unpaired) electrons. The molecule has 0 aromatic heterocycles. The number of aliphatic carboxylic acids is 1. The summed E-state index contributed by atoms with van der Waals surface area (Å²) in [6.45, 7) is 0. The maximum Gasteiger partial charge on any atom is 0.305 e. The summed E-state index contributed by atoms with van der Waals surface area (Å²) in [5.74, 6) is -0.939. The summed E-state index contributed by atoms with van der Waals surface area (Å²) < 4.78 is 0. The Morgan fingerprint density at radius 3 is 2.40 bits per heavy atom. The van der Waals surface area contributed by atoms with E-state index in [1.54, 1.807) is 0 Å². The lowest BCUT2D eigenvalue weighted by atomic mass is 9.74. The number of carboxylic acids is 1. The minimum absolute atomic E-state index is 0.0145. The molecule has 2 rings (SSSR count). The number of nitrogens with two attached hydrogens (primary N) is 1. The van der Waals surface area contributed by atoms with Gasteiger partial charge in [-0.1, -0.05) is 12.1 Å². The van der Waals surface area contributed by atoms with Gasteiger partial charge >= 0.3 is 5.97 Å². The predicted octanol–water partition coefficient (Wildman–Crippen LogP) is 1.71. The van der Waals surface area contributed by atoms with Gasteiger partial charge in [0, 0.05) is 12.1 Å². The van der Waals surface area contributed by atoms with Crippen LogP contribution < -0.4 is 11.1 Å². The van der Waals surface area contributed by atoms with Gasteiger partial charge in [0.15, 0.2) is 0 Å². The molecular weight excluding hydrogens is 256 g/mol. The molecular formula is C15H20N2O3. The maximum atomic E-state index is 11.9. The summed E-state index contributed by atoms with van der Waals surface area (Å²) in [6.07, 6.45) is 3.51. The summed E-state index contributed by atoms with van der Waals surface area (Å²) in [5.41, 5.74) is 6.85. The van der Waals surface area contributed by atoms with Crippen molar-refractivity contribution in [2.24, 2.45) is 0 Å². The van der Waals surface area contributed by atoms with Crippen molar-refractivity contribution in [3.05, 3.63) is 29.8 Å². The SMILES string of the molecule is Nc1ccc(CCC(=O)NC2(CC(=O)O)CCC2)cc1. The predicted molar refractivity (Wildman–Crippen MR) is 76.2 cm³/mol. The van der Waals surface area contributed by atoms with Crippen LogP contribution >= 0.6 is 0 Å². The third-order valence-electron chi connectivity index (χ3n) is 3.83. The number of carbonyl (C=O) groups excluding carboxylic acids is 1. The zero-order valence-electron chi connectivity index (χ0n) is 11.4. The molecule has 5 heteroatoms. The Hall–Kier alpha value is -2.04. The Balaban J connectivity index is 1.83. The smallest absolute Gasteiger partial charge is 0.305 e. The third kappa shape index (κ3) is 3.73. The van der Waals surface area contributed by atoms with Crippen LogP contribution in [-0.2, 0) is 16.0 Å². The molecule has 1 aromatic rings. The van der Waals surface area contributed by atoms with E-state index in [0.717, 1.165) is 24.8 Å². The van der Waals surface area contributed by atoms with E-state index in [-0.39, 0.29) is 12.3 Å². The van der Waals surface area contributed by atoms with Gasteiger partial charge in [0.25, 0.3) is 0 Å². The lowest BCUT2D eigenvalue weighted by Crippen LogP contribution is -2.54. The molecule has 5 nitrogen and oxygen atoms in total. The zero-order valence-corrected chi connectivity index (χ0v) is 11.4. The average Bonchev–Trinajstić information content (AvgIpc) is 2.35. The summed E-state index contributed by atoms with van der Waals surface area (Å²) in [5, 5.41) is 11.8. The number of hydrogen-bond donors (Lipinski definition) is 3. The number of rotatable bonds is 6. The van der Waals surface area contributed by atoms with E-state index in [1.165, 1.54) is 0 Å². The first-order valence-corrected chi connectivity index (χ1v) is 6.86. The summed E-state index contributed by atoms with van der Waals surface area (Å²) in [6, 6.07) is 7.42. The number of aryl methyl sites for hydroxylation is 1. The van der Waals surface area contributed by atoms with E-state index in [4.69, 9.17) is 10.8 Å². The summed E-state index contributed by atoms with van der Waals surface area (Å²) in [7, 11) is 0. The highest BCUT2D eigenvalue weighted by molar-refractivity contribution is 5.78. The van der Waals surface area contributed by atoms with Crippen molar-refractivity contribution in [1.29, 1.82) is 0 Å². The number of carboxylic acid groups (broad SMARTS) is 1. The van der Waals surface area contributed by atoms with Crippen molar-refractivity contribution in [3.8, 4) is 0 Å². The number of amides is 1. The fourth-order valence-electron chi connectivity index (χ4n) is 2.54. The highest BCUT2D eigenvalue weighted by Gasteiger charge is 2.40. The Kier molecular flexibility index (Phi) is 4.27. The molecule has 1 fully saturated rings. The highest BCUT2D eigenvalue weighted by atomic mass is 16.4. The number of nitrogens with one attached hydrogen (secondary N) is 1. The Morgan fingerprint density at radius 2 is 1.90 bits per heavy atom. The first-order chi connectivity index (χ1) is 9.49. The Labute approximate surface area is 118 Å². The molecule has 0 heterocycles. The van der Waals surface area contributed by atoms with Crippen LogP contribution in [0.4, 0.5) is 5.69 Å². The molecule has 108 valence electrons. The fraction of sp³-hybridized carbons (Fsp3) is 0.467. The van der Waals surface area contributed by atoms with Crippen molar-refractivity contribution >= 4 is 17.6 Å². The molecule has 20 heavy (non-hydrogen) atoms. The first kappa shape index (κ1) is 14.4. The van der Waals surface area contributed by atoms with Gasteiger partial charge in [0.1, 0.15) is 0 Å². The first-order valence-electron chi connectivity index (χ1n) is 6.86. The van der Waals surface area contributed by atoms with Crippen LogP contribution in [0.5, 0.6) is 0 Å². The van der Waals surface area contributed by atoms with E-state index < -0.39 is 11.5 Å². The number of hydrogen-bond acceptors (Lipinski definition) is 3. The normalized spacial score (nSPS) is 16.2. The van der Waals surface area contributed by atoms with Gasteiger partial charge in [-0.25, -0.2) is 0 Å². The number of nitrogen functional groups attached to an aromatic ring is 1. The van der Waals surface area contributed by atoms with Crippen molar-refractivity contribution in [2.75, 3.05) is 5.73 Å². The minimum atomic E-state index is -0.858. The van der Waals surface area contributed by atoms with Gasteiger partial charge < -0.3 is 16.2 Å². The van der Waals surface area contributed by atoms with E-state index in [1.807, 2.05) is 24.3 Å². The van der Waals surface area contributed by atoms with Gasteiger partial charge in [0.2, 0.25) is 5.91 Å². The van der Waals surface area contributed by atoms with Gasteiger partial charge in [-0.3, -0.25) is 9.59 Å². The van der Waals surface area contributed by atoms with Crippen LogP contribution in [0.3, 0.4) is 0 Å². The molecule has 0 unspecified atom stereocenters. The second-order valence-electron chi connectivity index (χ2n) is 5.49. The number of carbonyl (C=O) groups is 2. The maximum absolute atomic E-state index is 11.9. The monoisotopic (exact) mass is 276 g/mol. The summed E-state index contributed by atoms with van der Waals surface area (Å²) in [4.78, 5) is 22.8. The fourth-order valence-corrected chi connectivity index (χ4v) is 2.54. The van der Waals surface area contributed by atoms with Crippen molar-refractivity contribution < 1.29 is 14.7 Å². The largest absolute Gasteiger partial charge is 0.481 e. The van der Waals surface area contributed by atoms with E-state index >= 15 is 0 Å². The molecule has 0 bridgehead atoms. The third-order valence-corrected chi connectivity index (χ3v) is 3.83. The molecule has 1 aliphatic rings. The van der Waals surface area contributed by atoms with Crippen LogP contribution in [0, 0.1) is 0 Å². The second kappa shape index (κ2) is 5.94. The topological polar surface area (TPSA) is 92.4 Å². The Morgan fingerprint density at radius 1 is 1.25 bits per heavy atom. The average molecular weight is 276 g/mol. The highest BCUT2D eigenvalue weighted by Crippen LogP contribution is 2.35. The van der Waals surface area contributed by atoms with E-state index in [2.05, 4.69) is 5.32 Å². The molecule has 0 saturated heterocycles. The van der Waals surface area contributed by atoms with Crippen LogP contribution in [0.25, 0.3) is 0 Å². The molecule has 1 amide bonds. The number of benzene rings is 1. The van der Waals surface area contributed by atoms with Crippen LogP contribution in [0.2, 0.25) is 0 Å². The van der Waals surface area contributed by atoms with Crippen molar-refractivity contribution in [2.45, 2.75) is 44.1 Å². The quantitative estimate of drug-likeness (QED) is 0.690. The van der Waals surface area contributed by atoms with Gasteiger partial charge in [-0.2, -0.15) is 0 Å². The van der Waals surface area contributed by atoms with Crippen molar-refractivity contribution in [3.63, 3.8) is 0 Å². The minimum Gasteiger partial charge on any atom is -0.481 e. The van der Waals surface area contributed by atoms with Gasteiger partial charge in [-0.05, 0) is 43.4 Å². The molecule has 0 atom stereocenters. The molecule has 1 aliphatic carbocycles. The molecule has 1 aromatic carbocycles. The zero-order chi connectivity index (χ0) is 14.6. The van der Waals surface area contributed by atoms with E-state index in [9.17, 15) is 9.59 Å². The van der Waals surface area contributed by atoms with Crippen LogP contribution in [-0.4, -0.2) is 22.5 Å². The number of anilines is 1. The second-order valence-corrected chi connectivity index (χ2v) is 5.49. The standard InChI is InChI=1S/C15H20N2O3/c16-12-5-2-11(3-6-12)4-7-13(18)17-15(8-1-9-15)10-14(19)20/h2-3,5-6H,1,4,7-10,16H2,(H,17,18)(H,19,20). The molecule has 0 aliphatic heterocycles. The van der Waals surface area contributed by atoms with E-state index in [0.29, 0.717) is 18.5 Å². The lowest BCUT2D eigenvalue weighted by Gasteiger charge is -2.41. The lowest BCUT2D eigenvalue weighted by molar-refractivity contribution is -0.140. The molecule has 4 N–H and O–H groups in total. The van der Waals surface area contributed by atoms with Crippen LogP contribution in [0.1, 0.15) is 37.7 Å². The molecule has 1 saturated carbocycles. The van der Waals surface area contributed by atoms with Crippen molar-refractivity contribution in [1.82, 2.24) is 5.32 Å². The van der Waals surface area contributed by atoms with Crippen LogP contribution in [0.15, 0.2) is 24.3 Å². The van der Waals surface area contributed by atoms with Gasteiger partial charge in [0.05, 0.1) is 12.0 Å². The van der Waals surface area contributed by atoms with Gasteiger partial charge in [-0.15, -0.1) is 0 Å². The summed E-state index contributed by atoms with van der Waals surface area (Å²) >= 11 is 0. The molecule has 0 spiro atoms.